The lowest BCUT2D eigenvalue weighted by molar-refractivity contribution is -0.139. The summed E-state index contributed by atoms with van der Waals surface area (Å²) >= 11 is 0. The van der Waals surface area contributed by atoms with Crippen LogP contribution >= 0.6 is 0 Å². The summed E-state index contributed by atoms with van der Waals surface area (Å²) in [7, 11) is 1.60. The van der Waals surface area contributed by atoms with Gasteiger partial charge in [0.2, 0.25) is 11.7 Å². The Morgan fingerprint density at radius 1 is 1.17 bits per heavy atom. The largest absolute Gasteiger partial charge is 0.497 e. The number of benzene rings is 1. The van der Waals surface area contributed by atoms with Crippen LogP contribution in [0.5, 0.6) is 5.75 Å². The van der Waals surface area contributed by atoms with Gasteiger partial charge in [-0.2, -0.15) is 0 Å². The molecule has 1 fully saturated rings. The van der Waals surface area contributed by atoms with Gasteiger partial charge >= 0.3 is 0 Å². The smallest absolute Gasteiger partial charge is 0.293 e. The Kier molecular flexibility index (Phi) is 7.60. The highest BCUT2D eigenvalue weighted by Crippen LogP contribution is 2.22. The molecule has 2 aliphatic heterocycles. The third-order valence-corrected chi connectivity index (χ3v) is 6.13. The van der Waals surface area contributed by atoms with Crippen molar-refractivity contribution in [3.8, 4) is 5.75 Å². The molecule has 2 amide bonds. The fourth-order valence-electron chi connectivity index (χ4n) is 4.15. The van der Waals surface area contributed by atoms with E-state index in [0.717, 1.165) is 16.8 Å². The number of aromatic nitrogens is 1. The number of ether oxygens (including phenoxy) is 4. The van der Waals surface area contributed by atoms with E-state index in [1.807, 2.05) is 38.1 Å². The minimum Gasteiger partial charge on any atom is -0.497 e. The molecule has 0 saturated carbocycles. The number of hydrogen-bond donors (Lipinski definition) is 0. The quantitative estimate of drug-likeness (QED) is 0.589. The lowest BCUT2D eigenvalue weighted by atomic mass is 10.2. The van der Waals surface area contributed by atoms with Gasteiger partial charge in [0.05, 0.1) is 25.5 Å². The van der Waals surface area contributed by atoms with Crippen molar-refractivity contribution in [2.24, 2.45) is 0 Å². The van der Waals surface area contributed by atoms with Gasteiger partial charge in [-0.25, -0.2) is 0 Å². The molecule has 4 rings (SSSR count). The second-order valence-corrected chi connectivity index (χ2v) is 8.63. The number of nitrogens with zero attached hydrogens (tertiary/aromatic N) is 3. The van der Waals surface area contributed by atoms with E-state index in [0.29, 0.717) is 37.0 Å². The maximum absolute atomic E-state index is 13.3. The summed E-state index contributed by atoms with van der Waals surface area (Å²) < 4.78 is 27.8. The fraction of sp³-hybridized carbons (Fsp3) is 0.480. The first-order valence-electron chi connectivity index (χ1n) is 11.6. The zero-order valence-electron chi connectivity index (χ0n) is 20.5. The summed E-state index contributed by atoms with van der Waals surface area (Å²) in [6.07, 6.45) is -0.435. The molecule has 0 N–H and O–H groups in total. The zero-order valence-corrected chi connectivity index (χ0v) is 20.5. The van der Waals surface area contributed by atoms with Crippen molar-refractivity contribution in [3.05, 3.63) is 58.4 Å². The topological polar surface area (TPSA) is 104 Å². The molecule has 10 heteroatoms. The van der Waals surface area contributed by atoms with E-state index in [4.69, 9.17) is 23.5 Å². The Morgan fingerprint density at radius 3 is 2.69 bits per heavy atom. The lowest BCUT2D eigenvalue weighted by Crippen LogP contribution is -2.41. The third kappa shape index (κ3) is 5.76. The minimum atomic E-state index is -0.435. The standard InChI is InChI=1S/C25H31N3O7/c1-16-22(17(2)35-26-16)15-34-21-12-27(11-19-6-5-7-20(10-19)31-4)23(29)14-28(13-21)25(30)24-18(3)32-8-9-33-24/h5-7,10,21H,8-9,11-15H2,1-4H3. The van der Waals surface area contributed by atoms with Gasteiger partial charge in [-0.05, 0) is 38.5 Å². The van der Waals surface area contributed by atoms with Gasteiger partial charge in [-0.15, -0.1) is 0 Å². The number of allylic oxidation sites excluding steroid dienone is 1. The van der Waals surface area contributed by atoms with Gasteiger partial charge in [-0.1, -0.05) is 17.3 Å². The van der Waals surface area contributed by atoms with Gasteiger partial charge in [0.25, 0.3) is 5.91 Å². The first-order valence-corrected chi connectivity index (χ1v) is 11.6. The summed E-state index contributed by atoms with van der Waals surface area (Å²) in [5, 5.41) is 3.98. The molecule has 188 valence electrons. The molecule has 1 aromatic heterocycles. The second-order valence-electron chi connectivity index (χ2n) is 8.63. The monoisotopic (exact) mass is 485 g/mol. The van der Waals surface area contributed by atoms with E-state index >= 15 is 0 Å². The molecule has 2 aliphatic rings. The van der Waals surface area contributed by atoms with Crippen molar-refractivity contribution < 1.29 is 33.1 Å². The van der Waals surface area contributed by atoms with Gasteiger partial charge in [0.1, 0.15) is 37.0 Å². The second kappa shape index (κ2) is 10.8. The molecule has 0 spiro atoms. The van der Waals surface area contributed by atoms with E-state index in [1.54, 1.807) is 18.9 Å². The number of carbonyl (C=O) groups is 2. The highest BCUT2D eigenvalue weighted by molar-refractivity contribution is 5.95. The van der Waals surface area contributed by atoms with Crippen LogP contribution in [0.2, 0.25) is 0 Å². The Labute approximate surface area is 204 Å². The maximum Gasteiger partial charge on any atom is 0.293 e. The molecule has 0 aliphatic carbocycles. The Morgan fingerprint density at radius 2 is 1.97 bits per heavy atom. The van der Waals surface area contributed by atoms with Crippen LogP contribution in [0.15, 0.2) is 40.3 Å². The van der Waals surface area contributed by atoms with Crippen LogP contribution in [0, 0.1) is 13.8 Å². The predicted octanol–water partition coefficient (Wildman–Crippen LogP) is 2.33. The van der Waals surface area contributed by atoms with Crippen molar-refractivity contribution in [1.29, 1.82) is 0 Å². The average molecular weight is 486 g/mol. The highest BCUT2D eigenvalue weighted by atomic mass is 16.6. The van der Waals surface area contributed by atoms with Crippen molar-refractivity contribution in [3.63, 3.8) is 0 Å². The Balaban J connectivity index is 1.56. The lowest BCUT2D eigenvalue weighted by Gasteiger charge is -2.27. The highest BCUT2D eigenvalue weighted by Gasteiger charge is 2.34. The summed E-state index contributed by atoms with van der Waals surface area (Å²) in [4.78, 5) is 29.7. The van der Waals surface area contributed by atoms with Crippen LogP contribution < -0.4 is 4.74 Å². The zero-order chi connectivity index (χ0) is 24.9. The van der Waals surface area contributed by atoms with Crippen molar-refractivity contribution in [2.45, 2.75) is 40.0 Å². The molecule has 10 nitrogen and oxygen atoms in total. The van der Waals surface area contributed by atoms with Crippen LogP contribution in [-0.2, 0) is 37.0 Å². The molecule has 1 unspecified atom stereocenters. The molecule has 3 heterocycles. The van der Waals surface area contributed by atoms with Crippen molar-refractivity contribution >= 4 is 11.8 Å². The normalized spacial score (nSPS) is 18.7. The van der Waals surface area contributed by atoms with Crippen LogP contribution in [-0.4, -0.2) is 72.8 Å². The molecule has 1 atom stereocenters. The van der Waals surface area contributed by atoms with Gasteiger partial charge in [-0.3, -0.25) is 9.59 Å². The summed E-state index contributed by atoms with van der Waals surface area (Å²) in [6, 6.07) is 7.56. The Hall–Kier alpha value is -3.53. The number of amides is 2. The fourth-order valence-corrected chi connectivity index (χ4v) is 4.15. The SMILES string of the molecule is COc1cccc(CN2CC(OCc3c(C)noc3C)CN(C(=O)C3=C(C)OCCO3)CC2=O)c1. The average Bonchev–Trinajstić information content (AvgIpc) is 3.08. The number of aryl methyl sites for hydroxylation is 2. The molecular formula is C25H31N3O7. The number of hydrogen-bond acceptors (Lipinski definition) is 8. The minimum absolute atomic E-state index is 0.0892. The molecule has 35 heavy (non-hydrogen) atoms. The van der Waals surface area contributed by atoms with Gasteiger partial charge < -0.3 is 33.3 Å². The molecular weight excluding hydrogens is 454 g/mol. The van der Waals surface area contributed by atoms with E-state index in [1.165, 1.54) is 4.90 Å². The van der Waals surface area contributed by atoms with Gasteiger partial charge in [0.15, 0.2) is 0 Å². The van der Waals surface area contributed by atoms with Crippen LogP contribution in [0.25, 0.3) is 0 Å². The van der Waals surface area contributed by atoms with Crippen molar-refractivity contribution in [2.75, 3.05) is 40.0 Å². The van der Waals surface area contributed by atoms with E-state index in [9.17, 15) is 9.59 Å². The number of methoxy groups -OCH3 is 1. The Bertz CT molecular complexity index is 1090. The van der Waals surface area contributed by atoms with Gasteiger partial charge in [0, 0.05) is 25.2 Å². The predicted molar refractivity (Wildman–Crippen MR) is 124 cm³/mol. The summed E-state index contributed by atoms with van der Waals surface area (Å²) in [6.45, 7) is 7.12. The molecule has 2 aromatic rings. The van der Waals surface area contributed by atoms with Crippen LogP contribution in [0.3, 0.4) is 0 Å². The molecule has 1 saturated heterocycles. The summed E-state index contributed by atoms with van der Waals surface area (Å²) in [5.74, 6) is 1.38. The van der Waals surface area contributed by atoms with Crippen LogP contribution in [0.4, 0.5) is 0 Å². The van der Waals surface area contributed by atoms with E-state index in [2.05, 4.69) is 5.16 Å². The van der Waals surface area contributed by atoms with Crippen molar-refractivity contribution in [1.82, 2.24) is 15.0 Å². The first kappa shape index (κ1) is 24.6. The van der Waals surface area contributed by atoms with E-state index < -0.39 is 6.10 Å². The molecule has 0 bridgehead atoms. The van der Waals surface area contributed by atoms with E-state index in [-0.39, 0.29) is 43.9 Å². The molecule has 0 radical (unpaired) electrons. The molecule has 1 aromatic carbocycles. The van der Waals surface area contributed by atoms with Crippen LogP contribution in [0.1, 0.15) is 29.5 Å². The first-order chi connectivity index (χ1) is 16.9. The number of rotatable bonds is 7. The third-order valence-electron chi connectivity index (χ3n) is 6.13. The summed E-state index contributed by atoms with van der Waals surface area (Å²) in [5.41, 5.74) is 2.53. The maximum atomic E-state index is 13.3. The number of carbonyl (C=O) groups excluding carboxylic acids is 2.